The van der Waals surface area contributed by atoms with Crippen molar-refractivity contribution < 1.29 is 18.7 Å². The molecule has 1 saturated heterocycles. The molecule has 0 atom stereocenters. The first-order chi connectivity index (χ1) is 14.6. The Balaban J connectivity index is 1.19. The van der Waals surface area contributed by atoms with E-state index in [9.17, 15) is 14.0 Å². The molecule has 1 amide bonds. The number of hydrogen-bond acceptors (Lipinski definition) is 6. The maximum absolute atomic E-state index is 13.0. The summed E-state index contributed by atoms with van der Waals surface area (Å²) >= 11 is 1.52. The first kappa shape index (κ1) is 20.4. The average molecular weight is 428 g/mol. The van der Waals surface area contributed by atoms with Crippen LogP contribution in [0.15, 0.2) is 48.0 Å². The highest BCUT2D eigenvalue weighted by Gasteiger charge is 2.25. The van der Waals surface area contributed by atoms with Crippen molar-refractivity contribution >= 4 is 39.1 Å². The van der Waals surface area contributed by atoms with Gasteiger partial charge in [-0.15, -0.1) is 11.3 Å². The molecule has 0 aliphatic carbocycles. The van der Waals surface area contributed by atoms with Crippen molar-refractivity contribution in [2.24, 2.45) is 5.92 Å². The summed E-state index contributed by atoms with van der Waals surface area (Å²) in [4.78, 5) is 31.1. The standard InChI is InChI=1S/C22H22FN3O3S/c23-17-6-4-15(5-7-17)21(27)16-8-10-26(11-9-16)12-13-29-22(28)25-18-2-1-3-19-20(18)24-14-30-19/h1-7,14,16H,8-13H2,(H,25,28). The molecule has 2 aromatic carbocycles. The van der Waals surface area contributed by atoms with Crippen LogP contribution in [-0.4, -0.2) is 48.0 Å². The highest BCUT2D eigenvalue weighted by atomic mass is 32.1. The zero-order valence-corrected chi connectivity index (χ0v) is 17.2. The number of carbonyl (C=O) groups is 2. The number of likely N-dealkylation sites (tertiary alicyclic amines) is 1. The molecule has 30 heavy (non-hydrogen) atoms. The number of rotatable bonds is 6. The largest absolute Gasteiger partial charge is 0.448 e. The molecule has 1 aromatic heterocycles. The van der Waals surface area contributed by atoms with Gasteiger partial charge in [0.25, 0.3) is 0 Å². The molecular formula is C22H22FN3O3S. The zero-order valence-electron chi connectivity index (χ0n) is 16.3. The van der Waals surface area contributed by atoms with Crippen molar-refractivity contribution in [3.05, 3.63) is 59.4 Å². The zero-order chi connectivity index (χ0) is 20.9. The molecule has 0 saturated carbocycles. The summed E-state index contributed by atoms with van der Waals surface area (Å²) in [5.41, 5.74) is 3.70. The van der Waals surface area contributed by atoms with Crippen molar-refractivity contribution in [1.29, 1.82) is 0 Å². The third-order valence-corrected chi connectivity index (χ3v) is 6.12. The number of benzene rings is 2. The first-order valence-electron chi connectivity index (χ1n) is 9.88. The van der Waals surface area contributed by atoms with E-state index in [1.54, 1.807) is 23.7 Å². The third kappa shape index (κ3) is 4.83. The Labute approximate surface area is 177 Å². The van der Waals surface area contributed by atoms with Crippen molar-refractivity contribution in [3.63, 3.8) is 0 Å². The smallest absolute Gasteiger partial charge is 0.411 e. The summed E-state index contributed by atoms with van der Waals surface area (Å²) in [5.74, 6) is -0.315. The van der Waals surface area contributed by atoms with E-state index in [0.29, 0.717) is 17.8 Å². The van der Waals surface area contributed by atoms with Crippen LogP contribution in [0.25, 0.3) is 10.2 Å². The number of nitrogens with one attached hydrogen (secondary N) is 1. The second-order valence-electron chi connectivity index (χ2n) is 7.25. The maximum atomic E-state index is 13.0. The van der Waals surface area contributed by atoms with Crippen LogP contribution in [0.1, 0.15) is 23.2 Å². The van der Waals surface area contributed by atoms with E-state index in [1.165, 1.54) is 23.5 Å². The summed E-state index contributed by atoms with van der Waals surface area (Å²) in [6.45, 7) is 2.42. The van der Waals surface area contributed by atoms with Crippen LogP contribution < -0.4 is 5.32 Å². The predicted octanol–water partition coefficient (Wildman–Crippen LogP) is 4.58. The number of thiazole rings is 1. The number of Topliss-reactive ketones (excluding diaryl/α,β-unsaturated/α-hetero) is 1. The van der Waals surface area contributed by atoms with Gasteiger partial charge in [0.05, 0.1) is 15.9 Å². The monoisotopic (exact) mass is 427 g/mol. The minimum atomic E-state index is -0.503. The molecule has 1 fully saturated rings. The van der Waals surface area contributed by atoms with Crippen molar-refractivity contribution in [3.8, 4) is 0 Å². The normalized spacial score (nSPS) is 15.2. The summed E-state index contributed by atoms with van der Waals surface area (Å²) < 4.78 is 19.3. The minimum Gasteiger partial charge on any atom is -0.448 e. The fraction of sp³-hybridized carbons (Fsp3) is 0.318. The molecular weight excluding hydrogens is 405 g/mol. The predicted molar refractivity (Wildman–Crippen MR) is 114 cm³/mol. The summed E-state index contributed by atoms with van der Waals surface area (Å²) in [6, 6.07) is 11.3. The van der Waals surface area contributed by atoms with E-state index in [0.717, 1.165) is 36.1 Å². The van der Waals surface area contributed by atoms with E-state index in [2.05, 4.69) is 15.2 Å². The van der Waals surface area contributed by atoms with Gasteiger partial charge in [0.1, 0.15) is 17.9 Å². The third-order valence-electron chi connectivity index (χ3n) is 5.32. The highest BCUT2D eigenvalue weighted by molar-refractivity contribution is 7.16. The Kier molecular flexibility index (Phi) is 6.35. The van der Waals surface area contributed by atoms with Gasteiger partial charge in [0, 0.05) is 18.0 Å². The topological polar surface area (TPSA) is 71.5 Å². The summed E-state index contributed by atoms with van der Waals surface area (Å²) in [7, 11) is 0. The van der Waals surface area contributed by atoms with Gasteiger partial charge in [0.15, 0.2) is 5.78 Å². The lowest BCUT2D eigenvalue weighted by atomic mass is 9.89. The molecule has 1 aliphatic rings. The molecule has 1 aliphatic heterocycles. The van der Waals surface area contributed by atoms with Crippen LogP contribution in [0.2, 0.25) is 0 Å². The molecule has 3 aromatic rings. The van der Waals surface area contributed by atoms with Crippen LogP contribution in [-0.2, 0) is 4.74 Å². The molecule has 2 heterocycles. The fourth-order valence-electron chi connectivity index (χ4n) is 3.67. The molecule has 1 N–H and O–H groups in total. The molecule has 156 valence electrons. The van der Waals surface area contributed by atoms with Gasteiger partial charge >= 0.3 is 6.09 Å². The Morgan fingerprint density at radius 1 is 1.17 bits per heavy atom. The summed E-state index contributed by atoms with van der Waals surface area (Å²) in [5, 5.41) is 2.75. The van der Waals surface area contributed by atoms with Crippen molar-refractivity contribution in [2.45, 2.75) is 12.8 Å². The Morgan fingerprint density at radius 3 is 2.70 bits per heavy atom. The van der Waals surface area contributed by atoms with Crippen molar-refractivity contribution in [1.82, 2.24) is 9.88 Å². The van der Waals surface area contributed by atoms with Crippen LogP contribution in [0.4, 0.5) is 14.9 Å². The lowest BCUT2D eigenvalue weighted by molar-refractivity contribution is 0.0813. The summed E-state index contributed by atoms with van der Waals surface area (Å²) in [6.07, 6.45) is 0.986. The Morgan fingerprint density at radius 2 is 1.93 bits per heavy atom. The van der Waals surface area contributed by atoms with Gasteiger partial charge < -0.3 is 4.74 Å². The molecule has 0 spiro atoms. The number of anilines is 1. The highest BCUT2D eigenvalue weighted by Crippen LogP contribution is 2.25. The average Bonchev–Trinajstić information content (AvgIpc) is 3.24. The van der Waals surface area contributed by atoms with Gasteiger partial charge in [-0.3, -0.25) is 15.0 Å². The fourth-order valence-corrected chi connectivity index (χ4v) is 4.37. The number of amides is 1. The van der Waals surface area contributed by atoms with E-state index in [-0.39, 0.29) is 24.1 Å². The number of fused-ring (bicyclic) bond motifs is 1. The van der Waals surface area contributed by atoms with E-state index in [4.69, 9.17) is 4.74 Å². The number of aromatic nitrogens is 1. The van der Waals surface area contributed by atoms with Crippen LogP contribution in [0.5, 0.6) is 0 Å². The number of piperidine rings is 1. The Bertz CT molecular complexity index is 1030. The SMILES string of the molecule is O=C(Nc1cccc2scnc12)OCCN1CCC(C(=O)c2ccc(F)cc2)CC1. The molecule has 0 bridgehead atoms. The number of carbonyl (C=O) groups excluding carboxylic acids is 2. The van der Waals surface area contributed by atoms with Crippen molar-refractivity contribution in [2.75, 3.05) is 31.6 Å². The molecule has 0 unspecified atom stereocenters. The van der Waals surface area contributed by atoms with Crippen LogP contribution in [0, 0.1) is 11.7 Å². The van der Waals surface area contributed by atoms with Gasteiger partial charge in [-0.1, -0.05) is 6.07 Å². The lowest BCUT2D eigenvalue weighted by Gasteiger charge is -2.31. The second-order valence-corrected chi connectivity index (χ2v) is 8.14. The van der Waals surface area contributed by atoms with Gasteiger partial charge in [0.2, 0.25) is 0 Å². The number of halogens is 1. The van der Waals surface area contributed by atoms with Gasteiger partial charge in [-0.25, -0.2) is 14.2 Å². The van der Waals surface area contributed by atoms with Crippen LogP contribution in [0.3, 0.4) is 0 Å². The number of hydrogen-bond donors (Lipinski definition) is 1. The van der Waals surface area contributed by atoms with Gasteiger partial charge in [-0.2, -0.15) is 0 Å². The number of ketones is 1. The molecule has 6 nitrogen and oxygen atoms in total. The second kappa shape index (κ2) is 9.32. The molecule has 0 radical (unpaired) electrons. The quantitative estimate of drug-likeness (QED) is 0.583. The number of ether oxygens (including phenoxy) is 1. The van der Waals surface area contributed by atoms with E-state index in [1.807, 2.05) is 12.1 Å². The first-order valence-corrected chi connectivity index (χ1v) is 10.8. The molecule has 8 heteroatoms. The Hall–Kier alpha value is -2.84. The number of para-hydroxylation sites is 1. The minimum absolute atomic E-state index is 0.0467. The number of nitrogens with zero attached hydrogens (tertiary/aromatic N) is 2. The van der Waals surface area contributed by atoms with E-state index >= 15 is 0 Å². The lowest BCUT2D eigenvalue weighted by Crippen LogP contribution is -2.38. The van der Waals surface area contributed by atoms with Crippen LogP contribution >= 0.6 is 11.3 Å². The maximum Gasteiger partial charge on any atom is 0.411 e. The van der Waals surface area contributed by atoms with Gasteiger partial charge in [-0.05, 0) is 62.3 Å². The molecule has 4 rings (SSSR count). The van der Waals surface area contributed by atoms with E-state index < -0.39 is 6.09 Å².